The lowest BCUT2D eigenvalue weighted by Gasteiger charge is -2.31. The first-order valence-electron chi connectivity index (χ1n) is 5.95. The van der Waals surface area contributed by atoms with Crippen molar-refractivity contribution in [2.24, 2.45) is 0 Å². The number of hydrogen-bond acceptors (Lipinski definition) is 7. The van der Waals surface area contributed by atoms with Crippen LogP contribution in [0.3, 0.4) is 0 Å². The summed E-state index contributed by atoms with van der Waals surface area (Å²) in [5, 5.41) is 10.9. The van der Waals surface area contributed by atoms with Gasteiger partial charge >= 0.3 is 11.9 Å². The fourth-order valence-electron chi connectivity index (χ4n) is 2.13. The Morgan fingerprint density at radius 2 is 1.95 bits per heavy atom. The van der Waals surface area contributed by atoms with E-state index in [9.17, 15) is 19.5 Å². The van der Waals surface area contributed by atoms with E-state index in [0.29, 0.717) is 19.4 Å². The number of carboxylic acid groups (broad SMARTS) is 1. The highest BCUT2D eigenvalue weighted by molar-refractivity contribution is 6.15. The van der Waals surface area contributed by atoms with Crippen LogP contribution in [-0.2, 0) is 23.9 Å². The van der Waals surface area contributed by atoms with Gasteiger partial charge in [-0.15, -0.1) is 0 Å². The van der Waals surface area contributed by atoms with Gasteiger partial charge in [0, 0.05) is 26.6 Å². The predicted molar refractivity (Wildman–Crippen MR) is 59.1 cm³/mol. The molecule has 104 valence electrons. The van der Waals surface area contributed by atoms with E-state index in [0.717, 1.165) is 0 Å². The van der Waals surface area contributed by atoms with Crippen molar-refractivity contribution >= 4 is 17.9 Å². The van der Waals surface area contributed by atoms with Crippen LogP contribution in [-0.4, -0.2) is 41.2 Å². The number of hydrogen-bond donors (Lipinski definition) is 0. The lowest BCUT2D eigenvalue weighted by Crippen LogP contribution is -2.45. The Labute approximate surface area is 109 Å². The van der Waals surface area contributed by atoms with Crippen molar-refractivity contribution in [1.29, 1.82) is 0 Å². The van der Waals surface area contributed by atoms with E-state index in [2.05, 4.69) is 0 Å². The third kappa shape index (κ3) is 2.69. The van der Waals surface area contributed by atoms with E-state index >= 15 is 0 Å². The first kappa shape index (κ1) is 13.4. The van der Waals surface area contributed by atoms with Gasteiger partial charge < -0.3 is 24.3 Å². The molecule has 1 atom stereocenters. The first-order valence-corrected chi connectivity index (χ1v) is 5.95. The second-order valence-corrected chi connectivity index (χ2v) is 4.94. The van der Waals surface area contributed by atoms with Crippen LogP contribution in [0.1, 0.15) is 26.7 Å². The minimum absolute atomic E-state index is 0.299. The van der Waals surface area contributed by atoms with E-state index in [1.54, 1.807) is 0 Å². The van der Waals surface area contributed by atoms with Gasteiger partial charge in [-0.2, -0.15) is 0 Å². The van der Waals surface area contributed by atoms with E-state index in [1.165, 1.54) is 24.9 Å². The van der Waals surface area contributed by atoms with E-state index in [-0.39, 0.29) is 5.57 Å². The first-order chi connectivity index (χ1) is 8.80. The zero-order chi connectivity index (χ0) is 14.2. The average Bonchev–Trinajstić information content (AvgIpc) is 2.70. The summed E-state index contributed by atoms with van der Waals surface area (Å²) in [5.41, 5.74) is -0.299. The Morgan fingerprint density at radius 1 is 1.37 bits per heavy atom. The van der Waals surface area contributed by atoms with Crippen LogP contribution >= 0.6 is 0 Å². The van der Waals surface area contributed by atoms with Crippen molar-refractivity contribution in [3.05, 3.63) is 11.8 Å². The Bertz CT molecular complexity index is 445. The predicted octanol–water partition coefficient (Wildman–Crippen LogP) is -1.08. The molecule has 0 spiro atoms. The van der Waals surface area contributed by atoms with Crippen LogP contribution in [0.25, 0.3) is 0 Å². The summed E-state index contributed by atoms with van der Waals surface area (Å²) in [7, 11) is 0. The number of carbonyl (C=O) groups excluding carboxylic acids is 3. The summed E-state index contributed by atoms with van der Waals surface area (Å²) in [6.07, 6.45) is 2.26. The lowest BCUT2D eigenvalue weighted by atomic mass is 10.2. The Hall–Kier alpha value is -2.05. The van der Waals surface area contributed by atoms with Crippen molar-refractivity contribution in [1.82, 2.24) is 4.90 Å². The zero-order valence-corrected chi connectivity index (χ0v) is 10.7. The molecule has 2 aliphatic rings. The lowest BCUT2D eigenvalue weighted by molar-refractivity contribution is -0.310. The summed E-state index contributed by atoms with van der Waals surface area (Å²) in [5.74, 6) is -4.16. The van der Waals surface area contributed by atoms with Crippen molar-refractivity contribution in [2.45, 2.75) is 38.5 Å². The van der Waals surface area contributed by atoms with Crippen molar-refractivity contribution < 1.29 is 29.0 Å². The summed E-state index contributed by atoms with van der Waals surface area (Å²) in [6.45, 7) is 3.32. The number of likely N-dealkylation sites (tertiary alicyclic amines) is 1. The number of nitrogens with zero attached hydrogens (tertiary/aromatic N) is 1. The van der Waals surface area contributed by atoms with Gasteiger partial charge in [0.25, 0.3) is 5.79 Å². The van der Waals surface area contributed by atoms with E-state index < -0.39 is 29.7 Å². The van der Waals surface area contributed by atoms with Gasteiger partial charge in [0.2, 0.25) is 0 Å². The highest BCUT2D eigenvalue weighted by Crippen LogP contribution is 2.25. The molecule has 0 amide bonds. The number of aliphatic carboxylic acids is 1. The Balaban J connectivity index is 2.21. The molecular formula is C12H14NO6-. The molecule has 2 saturated heterocycles. The minimum Gasteiger partial charge on any atom is -0.548 e. The molecule has 0 radical (unpaired) electrons. The number of esters is 2. The fraction of sp³-hybridized carbons (Fsp3) is 0.583. The molecule has 2 aliphatic heterocycles. The molecule has 0 unspecified atom stereocenters. The molecule has 19 heavy (non-hydrogen) atoms. The second-order valence-electron chi connectivity index (χ2n) is 4.94. The maximum absolute atomic E-state index is 11.7. The molecule has 0 N–H and O–H groups in total. The topological polar surface area (TPSA) is 96.0 Å². The van der Waals surface area contributed by atoms with Gasteiger partial charge in [-0.1, -0.05) is 0 Å². The molecule has 0 aromatic rings. The van der Waals surface area contributed by atoms with Gasteiger partial charge in [-0.25, -0.2) is 9.59 Å². The monoisotopic (exact) mass is 268 g/mol. The number of ether oxygens (including phenoxy) is 2. The summed E-state index contributed by atoms with van der Waals surface area (Å²) < 4.78 is 9.85. The zero-order valence-electron chi connectivity index (χ0n) is 10.7. The Kier molecular flexibility index (Phi) is 3.21. The normalized spacial score (nSPS) is 25.9. The molecule has 0 bridgehead atoms. The SMILES string of the molecule is CC1(C)OC(=O)C(=CN2CCC[C@H]2C(=O)[O-])C(=O)O1. The Morgan fingerprint density at radius 3 is 2.47 bits per heavy atom. The highest BCUT2D eigenvalue weighted by atomic mass is 16.7. The third-order valence-electron chi connectivity index (χ3n) is 2.98. The van der Waals surface area contributed by atoms with Crippen LogP contribution in [0, 0.1) is 0 Å². The van der Waals surface area contributed by atoms with E-state index in [1.807, 2.05) is 0 Å². The summed E-state index contributed by atoms with van der Waals surface area (Å²) in [4.78, 5) is 35.7. The smallest absolute Gasteiger partial charge is 0.350 e. The van der Waals surface area contributed by atoms with Gasteiger partial charge in [0.1, 0.15) is 0 Å². The van der Waals surface area contributed by atoms with Crippen molar-refractivity contribution in [3.63, 3.8) is 0 Å². The maximum Gasteiger partial charge on any atom is 0.350 e. The average molecular weight is 268 g/mol. The van der Waals surface area contributed by atoms with Gasteiger partial charge in [0.05, 0.1) is 12.0 Å². The molecule has 0 aromatic heterocycles. The van der Waals surface area contributed by atoms with Crippen LogP contribution in [0.2, 0.25) is 0 Å². The number of cyclic esters (lactones) is 2. The molecule has 7 nitrogen and oxygen atoms in total. The summed E-state index contributed by atoms with van der Waals surface area (Å²) in [6, 6.07) is -0.831. The quantitative estimate of drug-likeness (QED) is 0.357. The fourth-order valence-corrected chi connectivity index (χ4v) is 2.13. The second kappa shape index (κ2) is 4.56. The number of rotatable bonds is 2. The molecule has 2 fully saturated rings. The summed E-state index contributed by atoms with van der Waals surface area (Å²) >= 11 is 0. The maximum atomic E-state index is 11.7. The molecule has 2 rings (SSSR count). The van der Waals surface area contributed by atoms with Crippen LogP contribution in [0.5, 0.6) is 0 Å². The van der Waals surface area contributed by atoms with Gasteiger partial charge in [0.15, 0.2) is 5.57 Å². The molecule has 0 saturated carbocycles. The standard InChI is InChI=1S/C12H15NO6/c1-12(2)18-10(16)7(11(17)19-12)6-13-5-3-4-8(13)9(14)15/h6,8H,3-5H2,1-2H3,(H,14,15)/p-1/t8-/m0/s1. The highest BCUT2D eigenvalue weighted by Gasteiger charge is 2.40. The van der Waals surface area contributed by atoms with Crippen LogP contribution < -0.4 is 5.11 Å². The molecule has 7 heteroatoms. The van der Waals surface area contributed by atoms with Gasteiger partial charge in [-0.05, 0) is 12.8 Å². The van der Waals surface area contributed by atoms with Crippen molar-refractivity contribution in [2.75, 3.05) is 6.54 Å². The third-order valence-corrected chi connectivity index (χ3v) is 2.98. The number of carboxylic acids is 1. The molecule has 0 aromatic carbocycles. The van der Waals surface area contributed by atoms with Crippen LogP contribution in [0.15, 0.2) is 11.8 Å². The van der Waals surface area contributed by atoms with E-state index in [4.69, 9.17) is 9.47 Å². The van der Waals surface area contributed by atoms with Crippen molar-refractivity contribution in [3.8, 4) is 0 Å². The molecular weight excluding hydrogens is 254 g/mol. The minimum atomic E-state index is -1.30. The van der Waals surface area contributed by atoms with Crippen LogP contribution in [0.4, 0.5) is 0 Å². The van der Waals surface area contributed by atoms with Gasteiger partial charge in [-0.3, -0.25) is 0 Å². The number of carbonyl (C=O) groups is 3. The molecule has 2 heterocycles. The molecule has 0 aliphatic carbocycles. The largest absolute Gasteiger partial charge is 0.548 e.